The van der Waals surface area contributed by atoms with Crippen LogP contribution in [0, 0.1) is 127 Å². The van der Waals surface area contributed by atoms with Gasteiger partial charge in [0.1, 0.15) is 17.5 Å². The van der Waals surface area contributed by atoms with Crippen LogP contribution in [-0.4, -0.2) is 64.9 Å². The van der Waals surface area contributed by atoms with Crippen molar-refractivity contribution >= 4 is 99.5 Å². The van der Waals surface area contributed by atoms with Gasteiger partial charge in [0.2, 0.25) is 0 Å². The summed E-state index contributed by atoms with van der Waals surface area (Å²) in [5, 5.41) is 6.49. The minimum absolute atomic E-state index is 0. The Balaban J connectivity index is 0.000000134. The summed E-state index contributed by atoms with van der Waals surface area (Å²) in [7, 11) is 0. The van der Waals surface area contributed by atoms with Crippen LogP contribution in [-0.2, 0) is 79.4 Å². The zero-order valence-electron chi connectivity index (χ0n) is 99.6. The van der Waals surface area contributed by atoms with Gasteiger partial charge in [-0.3, -0.25) is 0 Å². The zero-order valence-corrected chi connectivity index (χ0v) is 91.4. The summed E-state index contributed by atoms with van der Waals surface area (Å²) in [6.07, 6.45) is 8.62. The van der Waals surface area contributed by atoms with Crippen LogP contribution in [0.2, 0.25) is 0 Å². The van der Waals surface area contributed by atoms with Crippen molar-refractivity contribution in [3.8, 4) is 52.0 Å². The van der Waals surface area contributed by atoms with Gasteiger partial charge in [0.05, 0.1) is 20.6 Å². The minimum Gasteiger partial charge on any atom is -0.519 e. The first-order valence-corrected chi connectivity index (χ1v) is 50.8. The number of fused-ring (bicyclic) bond motifs is 24. The molecule has 6 aromatic heterocycles. The van der Waals surface area contributed by atoms with Gasteiger partial charge < -0.3 is 57.3 Å². The predicted molar refractivity (Wildman–Crippen MR) is 584 cm³/mol. The van der Waals surface area contributed by atoms with E-state index in [4.69, 9.17) is 44.7 Å². The van der Waals surface area contributed by atoms with E-state index in [1.54, 1.807) is 6.20 Å². The standard InChI is InChI=1S/C47H49N4O.C43H41N4O.C39H33N4O.3Pt/c1-29-30(2)40-27-39(29)44-45(40)50(28-49(44)33-14-10-9-11-15-33)34-22-32(47(6,7)8)23-36(25-34)52-35-18-19-38-37-16-12-13-17-41(37)51(42(38)26-35)43-24-31(20-21-48-43)46(3,4)5;1-27-28(2)37-25-36(27)41-42(37)46(26-45(41)30-12-7-6-8-13-30)31-14-11-15-32(23-31)48-33-18-19-35-34-16-9-10-17-38(34)47(39(35)24-33)40-22-29(20-21-44-40)43(3,4)5;1-25-26(2)34-23-33(25)38-39(34)42(24-41(38)27-11-4-3-5-12-27)28-13-10-14-29(21-28)44-30-18-19-32-31-15-6-7-16-35(31)43(36(32)22-30)37-17-8-9-20-40-37;;;/h9-24,28-30,39-40,44-45H,27H2,1-8H3;6-22,26-28,36-37,41-42H,25H2,1-5H3;3-20,24-26,33-34,38-39H,23H2,1-2H3;;;/q3*-3;;;/t29?,30?,39?,40-,44?,45-;27?,28?,36?,37-,41?,42-;25?,26?,33?,34-,38?,39-;;;/m000.../s1/i9D,10D,11D,14D,15D;6D,7D,8D,12D,13D;3D,4D,5D,11D,12D;;;. The molecule has 18 heteroatoms. The maximum absolute atomic E-state index is 8.93. The molecule has 0 N–H and O–H groups in total. The molecule has 12 unspecified atom stereocenters. The van der Waals surface area contributed by atoms with Crippen LogP contribution in [0.4, 0.5) is 34.1 Å². The van der Waals surface area contributed by atoms with Gasteiger partial charge in [-0.25, -0.2) is 15.0 Å². The maximum atomic E-state index is 8.93. The third-order valence-electron chi connectivity index (χ3n) is 33.7. The first-order chi connectivity index (χ1) is 76.0. The molecule has 0 radical (unpaired) electrons. The number of pyridine rings is 3. The molecule has 18 aromatic rings. The number of ether oxygens (including phenoxy) is 3. The van der Waals surface area contributed by atoms with E-state index in [2.05, 4.69) is 271 Å². The van der Waals surface area contributed by atoms with Gasteiger partial charge in [-0.2, -0.15) is 62.5 Å². The molecule has 18 atom stereocenters. The van der Waals surface area contributed by atoms with Crippen molar-refractivity contribution < 1.29 is 98.0 Å². The molecule has 9 heterocycles. The van der Waals surface area contributed by atoms with Crippen molar-refractivity contribution in [1.82, 2.24) is 28.7 Å². The van der Waals surface area contributed by atoms with Crippen LogP contribution < -0.4 is 43.6 Å². The Morgan fingerprint density at radius 1 is 0.279 bits per heavy atom. The fourth-order valence-electron chi connectivity index (χ4n) is 26.1. The van der Waals surface area contributed by atoms with Crippen molar-refractivity contribution in [1.29, 1.82) is 0 Å². The summed E-state index contributed by atoms with van der Waals surface area (Å²) in [6, 6.07) is 84.4. The number of aromatic nitrogens is 6. The summed E-state index contributed by atoms with van der Waals surface area (Å²) < 4.78 is 154. The average molecular weight is 2490 g/mol. The summed E-state index contributed by atoms with van der Waals surface area (Å²) in [5.74, 6) is 10.6. The Morgan fingerprint density at radius 3 is 0.932 bits per heavy atom. The Labute approximate surface area is 929 Å². The molecule has 0 spiro atoms. The SMILES string of the molecule is [2H]c1c([2H])c([2H])c(N2[CH-]N(c3[c-]c(Oc4[c-]c5c(cc4)c4ccccc4n5-c4cc(C(C)(C)C)ccn4)cc(C(C)(C)C)c3)[C@@H]3C2C2C[C@H]3C(C)C2C)c([2H])c1[2H].[2H]c1c([2H])c([2H])c(N2[CH-]N(c3[c-]c(Oc4[c-]c5c(cc4)c4ccccc4n5-c4cc(C(C)(C)C)ccn4)ccc3)[C@@H]3C2C2C[C@H]3C(C)C2C)c([2H])c1[2H].[2H]c1c([2H])c([2H])c(N2[CH-]N(c3[c-]c(Oc4[c-]c5c(cc4)c4ccccc4n5-c4ccccn4)ccc3)[C@@H]3C2C2C[C@H]3C(C)C2C)c([2H])c1[2H].[Pt].[Pt].[Pt]. The van der Waals surface area contributed by atoms with Crippen LogP contribution >= 0.6 is 0 Å². The second-order valence-electron chi connectivity index (χ2n) is 44.3. The van der Waals surface area contributed by atoms with E-state index >= 15 is 0 Å². The van der Waals surface area contributed by atoms with Crippen molar-refractivity contribution in [2.24, 2.45) is 71.0 Å². The second-order valence-corrected chi connectivity index (χ2v) is 44.3. The number of rotatable bonds is 15. The molecule has 6 bridgehead atoms. The number of anilines is 6. The average Bonchev–Trinajstić information content (AvgIpc) is 1.54. The third-order valence-corrected chi connectivity index (χ3v) is 33.7. The molecule has 3 aliphatic heterocycles. The summed E-state index contributed by atoms with van der Waals surface area (Å²) in [6.45, 7) is 39.5. The Hall–Kier alpha value is -12.2. The van der Waals surface area contributed by atoms with E-state index in [0.29, 0.717) is 106 Å². The molecule has 12 aromatic carbocycles. The molecule has 9 aliphatic rings. The van der Waals surface area contributed by atoms with E-state index in [1.165, 1.54) is 11.1 Å². The molecule has 147 heavy (non-hydrogen) atoms. The quantitative estimate of drug-likeness (QED) is 0.0914. The van der Waals surface area contributed by atoms with Crippen molar-refractivity contribution in [2.75, 3.05) is 29.4 Å². The van der Waals surface area contributed by atoms with Crippen molar-refractivity contribution in [3.63, 3.8) is 0 Å². The number of benzene rings is 12. The van der Waals surface area contributed by atoms with Crippen LogP contribution in [0.5, 0.6) is 34.5 Å². The largest absolute Gasteiger partial charge is 0.519 e. The van der Waals surface area contributed by atoms with Gasteiger partial charge in [0.25, 0.3) is 0 Å². The van der Waals surface area contributed by atoms with Crippen LogP contribution in [0.1, 0.15) is 160 Å². The summed E-state index contributed by atoms with van der Waals surface area (Å²) >= 11 is 0. The first kappa shape index (κ1) is 82.7. The van der Waals surface area contributed by atoms with Crippen LogP contribution in [0.25, 0.3) is 82.9 Å². The normalized spacial score (nSPS) is 25.9. The van der Waals surface area contributed by atoms with E-state index < -0.39 is 0 Å². The number of hydrogen-bond donors (Lipinski definition) is 0. The molecular weight excluding hydrogens is 2350 g/mol. The molecule has 3 saturated heterocycles. The fraction of sp³-hybridized carbons (Fsp3) is 0.302. The van der Waals surface area contributed by atoms with Crippen molar-refractivity contribution in [2.45, 2.75) is 176 Å². The molecule has 27 rings (SSSR count). The molecular formula is C129H123N12O3Pt3-9. The topological polar surface area (TPSA) is 101 Å². The molecule has 15 nitrogen and oxygen atoms in total. The molecule has 9 fully saturated rings. The van der Waals surface area contributed by atoms with Crippen LogP contribution in [0.15, 0.2) is 309 Å². The van der Waals surface area contributed by atoms with Gasteiger partial charge in [-0.1, -0.05) is 235 Å². The van der Waals surface area contributed by atoms with Gasteiger partial charge in [0.15, 0.2) is 0 Å². The van der Waals surface area contributed by atoms with E-state index in [-0.39, 0.29) is 223 Å². The minimum atomic E-state index is -0.380. The smallest absolute Gasteiger partial charge is 0.135 e. The Kier molecular flexibility index (Phi) is 22.0. The van der Waals surface area contributed by atoms with E-state index in [9.17, 15) is 0 Å². The third kappa shape index (κ3) is 17.4. The second kappa shape index (κ2) is 39.0. The Bertz CT molecular complexity index is 8840. The summed E-state index contributed by atoms with van der Waals surface area (Å²) in [4.78, 5) is 26.8. The number of nitrogens with zero attached hydrogens (tertiary/aromatic N) is 12. The van der Waals surface area contributed by atoms with E-state index in [1.807, 2.05) is 150 Å². The molecule has 6 saturated carbocycles. The predicted octanol–water partition coefficient (Wildman–Crippen LogP) is 29.9. The number of para-hydroxylation sites is 6. The van der Waals surface area contributed by atoms with Gasteiger partial charge in [-0.15, -0.1) is 118 Å². The Morgan fingerprint density at radius 2 is 0.585 bits per heavy atom. The maximum Gasteiger partial charge on any atom is 0.135 e. The van der Waals surface area contributed by atoms with Crippen LogP contribution in [0.3, 0.4) is 0 Å². The fourth-order valence-corrected chi connectivity index (χ4v) is 26.1. The molecule has 756 valence electrons. The van der Waals surface area contributed by atoms with Crippen molar-refractivity contribution in [3.05, 3.63) is 383 Å². The monoisotopic (exact) mass is 2490 g/mol. The van der Waals surface area contributed by atoms with E-state index in [0.717, 1.165) is 125 Å². The molecule has 0 amide bonds. The summed E-state index contributed by atoms with van der Waals surface area (Å²) in [5.41, 5.74) is 12.0. The van der Waals surface area contributed by atoms with Gasteiger partial charge in [0, 0.05) is 186 Å². The zero-order chi connectivity index (χ0) is 111. The van der Waals surface area contributed by atoms with Gasteiger partial charge >= 0.3 is 0 Å². The molecule has 6 aliphatic carbocycles. The van der Waals surface area contributed by atoms with Gasteiger partial charge in [-0.05, 0) is 225 Å². The number of hydrogen-bond acceptors (Lipinski definition) is 12. The first-order valence-electron chi connectivity index (χ1n) is 58.3.